The quantitative estimate of drug-likeness (QED) is 0.656. The molecule has 3 aromatic rings. The highest BCUT2D eigenvalue weighted by Crippen LogP contribution is 2.45. The second-order valence-corrected chi connectivity index (χ2v) is 7.87. The van der Waals surface area contributed by atoms with Crippen molar-refractivity contribution >= 4 is 18.0 Å². The maximum Gasteiger partial charge on any atom is 0.307 e. The van der Waals surface area contributed by atoms with Gasteiger partial charge >= 0.3 is 7.37 Å². The van der Waals surface area contributed by atoms with Crippen LogP contribution in [0.2, 0.25) is 0 Å². The van der Waals surface area contributed by atoms with Crippen molar-refractivity contribution in [2.24, 2.45) is 0 Å². The summed E-state index contributed by atoms with van der Waals surface area (Å²) in [6.07, 6.45) is 0. The largest absolute Gasteiger partial charge is 0.437 e. The zero-order valence-corrected chi connectivity index (χ0v) is 14.2. The molecule has 0 radical (unpaired) electrons. The van der Waals surface area contributed by atoms with E-state index in [1.807, 2.05) is 92.7 Å². The van der Waals surface area contributed by atoms with Crippen LogP contribution in [0.5, 0.6) is 5.75 Å². The van der Waals surface area contributed by atoms with Crippen LogP contribution < -0.4 is 15.1 Å². The van der Waals surface area contributed by atoms with Crippen molar-refractivity contribution in [3.63, 3.8) is 0 Å². The van der Waals surface area contributed by atoms with Crippen molar-refractivity contribution in [2.75, 3.05) is 0 Å². The molecular weight excluding hydrogens is 303 g/mol. The van der Waals surface area contributed by atoms with Crippen LogP contribution in [0.25, 0.3) is 0 Å². The smallest absolute Gasteiger partial charge is 0.307 e. The van der Waals surface area contributed by atoms with Crippen molar-refractivity contribution in [1.29, 1.82) is 0 Å². The molecule has 116 valence electrons. The molecule has 2 nitrogen and oxygen atoms in total. The van der Waals surface area contributed by atoms with Crippen LogP contribution >= 0.6 is 7.37 Å². The Kier molecular flexibility index (Phi) is 4.36. The minimum Gasteiger partial charge on any atom is -0.437 e. The van der Waals surface area contributed by atoms with Crippen molar-refractivity contribution < 1.29 is 9.09 Å². The van der Waals surface area contributed by atoms with E-state index in [4.69, 9.17) is 4.52 Å². The van der Waals surface area contributed by atoms with Gasteiger partial charge in [-0.25, -0.2) is 0 Å². The third-order valence-electron chi connectivity index (χ3n) is 3.74. The lowest BCUT2D eigenvalue weighted by Gasteiger charge is -2.22. The predicted molar refractivity (Wildman–Crippen MR) is 96.3 cm³/mol. The molecule has 0 saturated heterocycles. The number of benzene rings is 3. The fraction of sp³-hybridized carbons (Fsp3) is 0.100. The molecule has 0 fully saturated rings. The van der Waals surface area contributed by atoms with Gasteiger partial charge in [0, 0.05) is 0 Å². The standard InChI is InChI=1S/C20H19O2P/c1-16-13-14-20(17(2)15-16)23(21,19-11-7-4-8-12-19)22-18-9-5-3-6-10-18/h3-15H,1-2H3. The summed E-state index contributed by atoms with van der Waals surface area (Å²) in [6, 6.07) is 24.7. The Morgan fingerprint density at radius 2 is 1.39 bits per heavy atom. The molecule has 3 heteroatoms. The lowest BCUT2D eigenvalue weighted by Crippen LogP contribution is -2.22. The van der Waals surface area contributed by atoms with Gasteiger partial charge in [-0.3, -0.25) is 4.57 Å². The highest BCUT2D eigenvalue weighted by Gasteiger charge is 2.31. The van der Waals surface area contributed by atoms with E-state index in [-0.39, 0.29) is 0 Å². The maximum absolute atomic E-state index is 13.9. The van der Waals surface area contributed by atoms with Gasteiger partial charge in [0.15, 0.2) is 0 Å². The zero-order chi connectivity index (χ0) is 16.3. The van der Waals surface area contributed by atoms with Gasteiger partial charge in [0.1, 0.15) is 5.75 Å². The van der Waals surface area contributed by atoms with Crippen LogP contribution in [0.1, 0.15) is 11.1 Å². The Bertz CT molecular complexity index is 842. The molecule has 3 aromatic carbocycles. The SMILES string of the molecule is Cc1ccc(P(=O)(Oc2ccccc2)c2ccccc2)c(C)c1. The molecule has 0 spiro atoms. The molecule has 3 rings (SSSR count). The van der Waals surface area contributed by atoms with Crippen LogP contribution in [0.15, 0.2) is 78.9 Å². The van der Waals surface area contributed by atoms with E-state index in [2.05, 4.69) is 0 Å². The lowest BCUT2D eigenvalue weighted by atomic mass is 10.2. The van der Waals surface area contributed by atoms with Crippen LogP contribution in [0, 0.1) is 13.8 Å². The van der Waals surface area contributed by atoms with Crippen molar-refractivity contribution in [3.8, 4) is 5.75 Å². The molecule has 0 aliphatic rings. The van der Waals surface area contributed by atoms with Gasteiger partial charge in [-0.05, 0) is 49.7 Å². The zero-order valence-electron chi connectivity index (χ0n) is 13.3. The summed E-state index contributed by atoms with van der Waals surface area (Å²) in [5, 5.41) is 1.45. The van der Waals surface area contributed by atoms with E-state index in [1.165, 1.54) is 0 Å². The summed E-state index contributed by atoms with van der Waals surface area (Å²) in [7, 11) is -3.20. The minimum absolute atomic E-state index is 0.611. The van der Waals surface area contributed by atoms with Crippen LogP contribution in [0.3, 0.4) is 0 Å². The summed E-state index contributed by atoms with van der Waals surface area (Å²) >= 11 is 0. The first-order valence-electron chi connectivity index (χ1n) is 7.58. The summed E-state index contributed by atoms with van der Waals surface area (Å²) in [5.74, 6) is 0.611. The van der Waals surface area contributed by atoms with E-state index < -0.39 is 7.37 Å². The number of hydrogen-bond acceptors (Lipinski definition) is 2. The highest BCUT2D eigenvalue weighted by molar-refractivity contribution is 7.74. The third-order valence-corrected chi connectivity index (χ3v) is 6.32. The molecule has 0 aliphatic heterocycles. The Morgan fingerprint density at radius 1 is 0.783 bits per heavy atom. The molecule has 0 N–H and O–H groups in total. The van der Waals surface area contributed by atoms with E-state index >= 15 is 0 Å². The molecule has 0 amide bonds. The molecular formula is C20H19O2P. The Morgan fingerprint density at radius 3 is 2.00 bits per heavy atom. The number of hydrogen-bond donors (Lipinski definition) is 0. The van der Waals surface area contributed by atoms with Gasteiger partial charge in [0.25, 0.3) is 0 Å². The molecule has 23 heavy (non-hydrogen) atoms. The van der Waals surface area contributed by atoms with Crippen molar-refractivity contribution in [2.45, 2.75) is 13.8 Å². The van der Waals surface area contributed by atoms with Crippen molar-refractivity contribution in [1.82, 2.24) is 0 Å². The fourth-order valence-corrected chi connectivity index (χ4v) is 4.90. The molecule has 1 unspecified atom stereocenters. The number of rotatable bonds is 4. The topological polar surface area (TPSA) is 26.3 Å². The van der Waals surface area contributed by atoms with Gasteiger partial charge in [-0.1, -0.05) is 54.1 Å². The van der Waals surface area contributed by atoms with E-state index in [0.717, 1.165) is 16.4 Å². The first-order chi connectivity index (χ1) is 11.1. The summed E-state index contributed by atoms with van der Waals surface area (Å²) in [5.41, 5.74) is 2.12. The first-order valence-corrected chi connectivity index (χ1v) is 9.20. The van der Waals surface area contributed by atoms with Crippen LogP contribution in [0.4, 0.5) is 0 Å². The van der Waals surface area contributed by atoms with E-state index in [9.17, 15) is 4.57 Å². The summed E-state index contributed by atoms with van der Waals surface area (Å²) < 4.78 is 19.9. The van der Waals surface area contributed by atoms with E-state index in [0.29, 0.717) is 11.1 Å². The molecule has 0 aliphatic carbocycles. The monoisotopic (exact) mass is 322 g/mol. The fourth-order valence-electron chi connectivity index (χ4n) is 2.63. The maximum atomic E-state index is 13.9. The van der Waals surface area contributed by atoms with Gasteiger partial charge in [0.2, 0.25) is 0 Å². The Hall–Kier alpha value is -2.31. The molecule has 1 atom stereocenters. The third kappa shape index (κ3) is 3.23. The number of aryl methyl sites for hydroxylation is 2. The second kappa shape index (κ2) is 6.44. The highest BCUT2D eigenvalue weighted by atomic mass is 31.2. The molecule has 0 saturated carbocycles. The van der Waals surface area contributed by atoms with Crippen LogP contribution in [-0.4, -0.2) is 0 Å². The van der Waals surface area contributed by atoms with Gasteiger partial charge in [-0.2, -0.15) is 0 Å². The average molecular weight is 322 g/mol. The lowest BCUT2D eigenvalue weighted by molar-refractivity contribution is 0.502. The normalized spacial score (nSPS) is 13.3. The number of para-hydroxylation sites is 1. The summed E-state index contributed by atoms with van der Waals surface area (Å²) in [4.78, 5) is 0. The van der Waals surface area contributed by atoms with E-state index in [1.54, 1.807) is 0 Å². The van der Waals surface area contributed by atoms with Crippen LogP contribution in [-0.2, 0) is 4.57 Å². The Labute approximate surface area is 137 Å². The average Bonchev–Trinajstić information content (AvgIpc) is 2.56. The van der Waals surface area contributed by atoms with Gasteiger partial charge < -0.3 is 4.52 Å². The molecule has 0 heterocycles. The van der Waals surface area contributed by atoms with Gasteiger partial charge in [-0.15, -0.1) is 0 Å². The molecule has 0 bridgehead atoms. The minimum atomic E-state index is -3.20. The Balaban J connectivity index is 2.16. The van der Waals surface area contributed by atoms with Gasteiger partial charge in [0.05, 0.1) is 10.6 Å². The predicted octanol–water partition coefficient (Wildman–Crippen LogP) is 4.61. The second-order valence-electron chi connectivity index (χ2n) is 5.58. The molecule has 0 aromatic heterocycles. The summed E-state index contributed by atoms with van der Waals surface area (Å²) in [6.45, 7) is 4.01. The first kappa shape index (κ1) is 15.6. The van der Waals surface area contributed by atoms with Crippen molar-refractivity contribution in [3.05, 3.63) is 90.0 Å².